The van der Waals surface area contributed by atoms with Gasteiger partial charge in [-0.1, -0.05) is 0 Å². The molecule has 3 heterocycles. The molecule has 6 nitrogen and oxygen atoms in total. The number of hydrogen-bond donors (Lipinski definition) is 1. The Morgan fingerprint density at radius 2 is 2.22 bits per heavy atom. The summed E-state index contributed by atoms with van der Waals surface area (Å²) in [6.45, 7) is 0.985. The summed E-state index contributed by atoms with van der Waals surface area (Å²) in [6.07, 6.45) is 4.88. The van der Waals surface area contributed by atoms with Gasteiger partial charge in [-0.05, 0) is 12.1 Å². The number of carbonyl (C=O) groups is 1. The number of nitrogens with zero attached hydrogens (tertiary/aromatic N) is 4. The molecular formula is C12H11N5O. The van der Waals surface area contributed by atoms with E-state index >= 15 is 0 Å². The zero-order valence-electron chi connectivity index (χ0n) is 9.58. The fourth-order valence-electron chi connectivity index (χ4n) is 1.98. The summed E-state index contributed by atoms with van der Waals surface area (Å²) in [5.74, 6) is 0.184. The van der Waals surface area contributed by atoms with E-state index in [2.05, 4.69) is 15.0 Å². The predicted molar refractivity (Wildman–Crippen MR) is 64.3 cm³/mol. The summed E-state index contributed by atoms with van der Waals surface area (Å²) in [5.41, 5.74) is 7.87. The average Bonchev–Trinajstić information content (AvgIpc) is 2.81. The SMILES string of the molecule is Nc1ncc2c(n1)CN(C(=O)c1cccnc1)C2. The van der Waals surface area contributed by atoms with Gasteiger partial charge in [0.25, 0.3) is 5.91 Å². The molecule has 0 spiro atoms. The van der Waals surface area contributed by atoms with E-state index in [1.54, 1.807) is 35.6 Å². The molecule has 2 aromatic heterocycles. The summed E-state index contributed by atoms with van der Waals surface area (Å²) in [5, 5.41) is 0. The first kappa shape index (κ1) is 10.6. The molecule has 0 atom stereocenters. The number of fused-ring (bicyclic) bond motifs is 1. The molecule has 90 valence electrons. The molecule has 2 N–H and O–H groups in total. The molecule has 0 radical (unpaired) electrons. The summed E-state index contributed by atoms with van der Waals surface area (Å²) in [6, 6.07) is 3.49. The van der Waals surface area contributed by atoms with E-state index in [1.165, 1.54) is 0 Å². The Morgan fingerprint density at radius 3 is 3.00 bits per heavy atom. The summed E-state index contributed by atoms with van der Waals surface area (Å²) >= 11 is 0. The molecule has 1 amide bonds. The quantitative estimate of drug-likeness (QED) is 0.790. The van der Waals surface area contributed by atoms with Crippen LogP contribution >= 0.6 is 0 Å². The smallest absolute Gasteiger partial charge is 0.256 e. The lowest BCUT2D eigenvalue weighted by molar-refractivity contribution is 0.0750. The van der Waals surface area contributed by atoms with Crippen molar-refractivity contribution in [3.63, 3.8) is 0 Å². The van der Waals surface area contributed by atoms with Gasteiger partial charge >= 0.3 is 0 Å². The van der Waals surface area contributed by atoms with Crippen LogP contribution in [0.1, 0.15) is 21.6 Å². The van der Waals surface area contributed by atoms with Crippen molar-refractivity contribution in [2.75, 3.05) is 5.73 Å². The molecule has 18 heavy (non-hydrogen) atoms. The number of hydrogen-bond acceptors (Lipinski definition) is 5. The molecule has 3 rings (SSSR count). The second-order valence-corrected chi connectivity index (χ2v) is 4.10. The zero-order valence-corrected chi connectivity index (χ0v) is 9.58. The number of nitrogen functional groups attached to an aromatic ring is 1. The van der Waals surface area contributed by atoms with Crippen molar-refractivity contribution >= 4 is 11.9 Å². The topological polar surface area (TPSA) is 85.0 Å². The van der Waals surface area contributed by atoms with E-state index in [1.807, 2.05) is 0 Å². The Balaban J connectivity index is 1.84. The van der Waals surface area contributed by atoms with Gasteiger partial charge in [0.1, 0.15) is 0 Å². The maximum atomic E-state index is 12.2. The Hall–Kier alpha value is -2.50. The molecule has 6 heteroatoms. The first-order valence-electron chi connectivity index (χ1n) is 5.53. The van der Waals surface area contributed by atoms with Crippen LogP contribution in [0.4, 0.5) is 5.95 Å². The minimum Gasteiger partial charge on any atom is -0.368 e. The van der Waals surface area contributed by atoms with Crippen molar-refractivity contribution < 1.29 is 4.79 Å². The van der Waals surface area contributed by atoms with Crippen LogP contribution < -0.4 is 5.73 Å². The number of aromatic nitrogens is 3. The molecule has 1 aliphatic heterocycles. The van der Waals surface area contributed by atoms with E-state index in [0.717, 1.165) is 11.3 Å². The zero-order chi connectivity index (χ0) is 12.5. The number of anilines is 1. The monoisotopic (exact) mass is 241 g/mol. The molecule has 0 unspecified atom stereocenters. The van der Waals surface area contributed by atoms with Gasteiger partial charge in [-0.2, -0.15) is 0 Å². The van der Waals surface area contributed by atoms with Crippen LogP contribution in [0.15, 0.2) is 30.7 Å². The van der Waals surface area contributed by atoms with Crippen LogP contribution in [0.5, 0.6) is 0 Å². The van der Waals surface area contributed by atoms with E-state index in [0.29, 0.717) is 18.7 Å². The van der Waals surface area contributed by atoms with E-state index in [9.17, 15) is 4.79 Å². The van der Waals surface area contributed by atoms with Gasteiger partial charge in [0.05, 0.1) is 17.8 Å². The van der Waals surface area contributed by atoms with Gasteiger partial charge in [-0.15, -0.1) is 0 Å². The van der Waals surface area contributed by atoms with Crippen LogP contribution in [0.25, 0.3) is 0 Å². The largest absolute Gasteiger partial charge is 0.368 e. The summed E-state index contributed by atoms with van der Waals surface area (Å²) in [7, 11) is 0. The molecule has 0 aliphatic carbocycles. The summed E-state index contributed by atoms with van der Waals surface area (Å²) < 4.78 is 0. The Kier molecular flexibility index (Phi) is 2.40. The Labute approximate surface area is 103 Å². The summed E-state index contributed by atoms with van der Waals surface area (Å²) in [4.78, 5) is 25.9. The van der Waals surface area contributed by atoms with Crippen molar-refractivity contribution in [1.29, 1.82) is 0 Å². The lowest BCUT2D eigenvalue weighted by Crippen LogP contribution is -2.25. The van der Waals surface area contributed by atoms with Crippen molar-refractivity contribution in [3.8, 4) is 0 Å². The lowest BCUT2D eigenvalue weighted by atomic mass is 10.2. The normalized spacial score (nSPS) is 13.4. The number of nitrogens with two attached hydrogens (primary N) is 1. The van der Waals surface area contributed by atoms with Crippen molar-refractivity contribution in [2.24, 2.45) is 0 Å². The van der Waals surface area contributed by atoms with Gasteiger partial charge < -0.3 is 10.6 Å². The lowest BCUT2D eigenvalue weighted by Gasteiger charge is -2.14. The standard InChI is InChI=1S/C12H11N5O/c13-12-15-5-9-6-17(7-10(9)16-12)11(18)8-2-1-3-14-4-8/h1-5H,6-7H2,(H2,13,15,16). The van der Waals surface area contributed by atoms with E-state index in [4.69, 9.17) is 5.73 Å². The van der Waals surface area contributed by atoms with E-state index < -0.39 is 0 Å². The number of rotatable bonds is 1. The second kappa shape index (κ2) is 4.06. The third-order valence-electron chi connectivity index (χ3n) is 2.87. The van der Waals surface area contributed by atoms with Crippen molar-refractivity contribution in [1.82, 2.24) is 19.9 Å². The Morgan fingerprint density at radius 1 is 1.33 bits per heavy atom. The predicted octanol–water partition coefficient (Wildman–Crippen LogP) is 0.610. The minimum atomic E-state index is -0.0559. The Bertz CT molecular complexity index is 599. The number of pyridine rings is 1. The van der Waals surface area contributed by atoms with Crippen molar-refractivity contribution in [2.45, 2.75) is 13.1 Å². The molecule has 0 saturated heterocycles. The molecular weight excluding hydrogens is 230 g/mol. The highest BCUT2D eigenvalue weighted by Gasteiger charge is 2.25. The second-order valence-electron chi connectivity index (χ2n) is 4.10. The van der Waals surface area contributed by atoms with Crippen LogP contribution in [-0.2, 0) is 13.1 Å². The molecule has 0 aromatic carbocycles. The highest BCUT2D eigenvalue weighted by atomic mass is 16.2. The first-order chi connectivity index (χ1) is 8.74. The number of carbonyl (C=O) groups excluding carboxylic acids is 1. The van der Waals surface area contributed by atoms with Gasteiger partial charge in [0.15, 0.2) is 0 Å². The van der Waals surface area contributed by atoms with Gasteiger partial charge in [-0.25, -0.2) is 9.97 Å². The third kappa shape index (κ3) is 1.77. The first-order valence-corrected chi connectivity index (χ1v) is 5.53. The van der Waals surface area contributed by atoms with E-state index in [-0.39, 0.29) is 11.9 Å². The fraction of sp³-hybridized carbons (Fsp3) is 0.167. The highest BCUT2D eigenvalue weighted by Crippen LogP contribution is 2.22. The van der Waals surface area contributed by atoms with Crippen LogP contribution in [0.3, 0.4) is 0 Å². The third-order valence-corrected chi connectivity index (χ3v) is 2.87. The van der Waals surface area contributed by atoms with Gasteiger partial charge in [0.2, 0.25) is 5.95 Å². The molecule has 0 saturated carbocycles. The van der Waals surface area contributed by atoms with Crippen LogP contribution in [0.2, 0.25) is 0 Å². The molecule has 0 bridgehead atoms. The van der Waals surface area contributed by atoms with Gasteiger partial charge in [-0.3, -0.25) is 9.78 Å². The highest BCUT2D eigenvalue weighted by molar-refractivity contribution is 5.94. The fourth-order valence-corrected chi connectivity index (χ4v) is 1.98. The average molecular weight is 241 g/mol. The molecule has 2 aromatic rings. The minimum absolute atomic E-state index is 0.0559. The number of amides is 1. The van der Waals surface area contributed by atoms with Crippen LogP contribution in [-0.4, -0.2) is 25.8 Å². The van der Waals surface area contributed by atoms with Crippen LogP contribution in [0, 0.1) is 0 Å². The maximum absolute atomic E-state index is 12.2. The van der Waals surface area contributed by atoms with Crippen molar-refractivity contribution in [3.05, 3.63) is 47.5 Å². The molecule has 0 fully saturated rings. The molecule has 1 aliphatic rings. The van der Waals surface area contributed by atoms with Gasteiger partial charge in [0, 0.05) is 30.7 Å². The maximum Gasteiger partial charge on any atom is 0.256 e.